The van der Waals surface area contributed by atoms with Crippen LogP contribution in [0.3, 0.4) is 0 Å². The van der Waals surface area contributed by atoms with Crippen LogP contribution in [-0.4, -0.2) is 32.7 Å². The maximum atomic E-state index is 13.0. The predicted molar refractivity (Wildman–Crippen MR) is 134 cm³/mol. The number of para-hydroxylation sites is 1. The Balaban J connectivity index is 2.32. The number of methoxy groups -OCH3 is 1. The highest BCUT2D eigenvalue weighted by molar-refractivity contribution is 6.08. The van der Waals surface area contributed by atoms with Crippen molar-refractivity contribution in [2.75, 3.05) is 26.9 Å². The van der Waals surface area contributed by atoms with Crippen molar-refractivity contribution in [3.63, 3.8) is 0 Å². The fourth-order valence-corrected chi connectivity index (χ4v) is 3.14. The van der Waals surface area contributed by atoms with Crippen molar-refractivity contribution in [1.82, 2.24) is 0 Å². The van der Waals surface area contributed by atoms with Crippen LogP contribution >= 0.6 is 0 Å². The van der Waals surface area contributed by atoms with E-state index in [0.717, 1.165) is 44.1 Å². The third-order valence-corrected chi connectivity index (χ3v) is 5.11. The lowest BCUT2D eigenvalue weighted by Gasteiger charge is -2.16. The maximum absolute atomic E-state index is 13.0. The summed E-state index contributed by atoms with van der Waals surface area (Å²) in [4.78, 5) is 13.0. The van der Waals surface area contributed by atoms with Gasteiger partial charge in [-0.25, -0.2) is 0 Å². The molecule has 0 atom stereocenters. The molecule has 0 N–H and O–H groups in total. The van der Waals surface area contributed by atoms with Gasteiger partial charge < -0.3 is 18.9 Å². The van der Waals surface area contributed by atoms with Crippen LogP contribution < -0.4 is 18.9 Å². The van der Waals surface area contributed by atoms with Crippen LogP contribution in [-0.2, 0) is 0 Å². The molecule has 0 fully saturated rings. The SMILES string of the molecule is CCCCOc1cc(/C=C/C(=O)c2ccccc2OCCCC)c(OCCCC)c(OC)c1. The molecule has 0 radical (unpaired) electrons. The first kappa shape index (κ1) is 26.3. The Morgan fingerprint density at radius 2 is 1.45 bits per heavy atom. The zero-order chi connectivity index (χ0) is 23.9. The Hall–Kier alpha value is -2.95. The van der Waals surface area contributed by atoms with Gasteiger partial charge in [-0.2, -0.15) is 0 Å². The molecule has 0 aliphatic rings. The van der Waals surface area contributed by atoms with Gasteiger partial charge in [0.25, 0.3) is 0 Å². The van der Waals surface area contributed by atoms with E-state index in [1.807, 2.05) is 30.3 Å². The van der Waals surface area contributed by atoms with E-state index >= 15 is 0 Å². The summed E-state index contributed by atoms with van der Waals surface area (Å²) in [7, 11) is 1.61. The predicted octanol–water partition coefficient (Wildman–Crippen LogP) is 7.13. The second kappa shape index (κ2) is 15.0. The van der Waals surface area contributed by atoms with Crippen molar-refractivity contribution < 1.29 is 23.7 Å². The molecule has 2 aromatic rings. The molecule has 0 unspecified atom stereocenters. The average molecular weight is 455 g/mol. The molecule has 0 aliphatic carbocycles. The number of hydrogen-bond acceptors (Lipinski definition) is 5. The van der Waals surface area contributed by atoms with E-state index in [2.05, 4.69) is 20.8 Å². The monoisotopic (exact) mass is 454 g/mol. The van der Waals surface area contributed by atoms with Crippen molar-refractivity contribution in [3.8, 4) is 23.0 Å². The van der Waals surface area contributed by atoms with Crippen LogP contribution in [0.2, 0.25) is 0 Å². The molecule has 0 aliphatic heterocycles. The third kappa shape index (κ3) is 8.49. The van der Waals surface area contributed by atoms with Crippen LogP contribution in [0.25, 0.3) is 6.08 Å². The van der Waals surface area contributed by atoms with Gasteiger partial charge in [0, 0.05) is 11.6 Å². The van der Waals surface area contributed by atoms with Gasteiger partial charge in [0.05, 0.1) is 32.5 Å². The smallest absolute Gasteiger partial charge is 0.189 e. The van der Waals surface area contributed by atoms with Crippen molar-refractivity contribution in [2.45, 2.75) is 59.3 Å². The van der Waals surface area contributed by atoms with Crippen molar-refractivity contribution in [1.29, 1.82) is 0 Å². The number of carbonyl (C=O) groups excluding carboxylic acids is 1. The summed E-state index contributed by atoms with van der Waals surface area (Å²) in [5, 5.41) is 0. The number of ether oxygens (including phenoxy) is 4. The quantitative estimate of drug-likeness (QED) is 0.153. The minimum Gasteiger partial charge on any atom is -0.493 e. The number of carbonyl (C=O) groups is 1. The van der Waals surface area contributed by atoms with Crippen LogP contribution in [0.15, 0.2) is 42.5 Å². The summed E-state index contributed by atoms with van der Waals surface area (Å²) in [6, 6.07) is 11.1. The molecule has 5 heteroatoms. The van der Waals surface area contributed by atoms with Gasteiger partial charge in [-0.3, -0.25) is 4.79 Å². The second-order valence-corrected chi connectivity index (χ2v) is 7.84. The summed E-state index contributed by atoms with van der Waals surface area (Å²) >= 11 is 0. The highest BCUT2D eigenvalue weighted by atomic mass is 16.5. The van der Waals surface area contributed by atoms with Gasteiger partial charge >= 0.3 is 0 Å². The van der Waals surface area contributed by atoms with E-state index in [1.165, 1.54) is 0 Å². The fraction of sp³-hybridized carbons (Fsp3) is 0.464. The first-order valence-electron chi connectivity index (χ1n) is 12.1. The molecular weight excluding hydrogens is 416 g/mol. The summed E-state index contributed by atoms with van der Waals surface area (Å²) < 4.78 is 23.4. The second-order valence-electron chi connectivity index (χ2n) is 7.84. The van der Waals surface area contributed by atoms with E-state index in [4.69, 9.17) is 18.9 Å². The summed E-state index contributed by atoms with van der Waals surface area (Å²) in [5.74, 6) is 2.38. The molecule has 2 aromatic carbocycles. The van der Waals surface area contributed by atoms with Gasteiger partial charge in [-0.05, 0) is 49.6 Å². The van der Waals surface area contributed by atoms with Gasteiger partial charge in [0.15, 0.2) is 17.3 Å². The van der Waals surface area contributed by atoms with Gasteiger partial charge in [-0.1, -0.05) is 52.2 Å². The molecule has 0 aromatic heterocycles. The lowest BCUT2D eigenvalue weighted by atomic mass is 10.1. The molecule has 5 nitrogen and oxygen atoms in total. The molecule has 0 saturated heterocycles. The number of rotatable bonds is 16. The zero-order valence-corrected chi connectivity index (χ0v) is 20.5. The van der Waals surface area contributed by atoms with Crippen molar-refractivity contribution in [2.24, 2.45) is 0 Å². The number of hydrogen-bond donors (Lipinski definition) is 0. The van der Waals surface area contributed by atoms with Gasteiger partial charge in [0.2, 0.25) is 0 Å². The topological polar surface area (TPSA) is 54.0 Å². The maximum Gasteiger partial charge on any atom is 0.189 e. The Morgan fingerprint density at radius 3 is 2.12 bits per heavy atom. The summed E-state index contributed by atoms with van der Waals surface area (Å²) in [5.41, 5.74) is 1.29. The minimum atomic E-state index is -0.127. The molecule has 0 amide bonds. The Morgan fingerprint density at radius 1 is 0.818 bits per heavy atom. The Bertz CT molecular complexity index is 888. The molecule has 0 heterocycles. The largest absolute Gasteiger partial charge is 0.493 e. The van der Waals surface area contributed by atoms with E-state index in [0.29, 0.717) is 48.4 Å². The number of allylic oxidation sites excluding steroid dienone is 1. The molecule has 0 bridgehead atoms. The Labute approximate surface area is 198 Å². The zero-order valence-electron chi connectivity index (χ0n) is 20.5. The highest BCUT2D eigenvalue weighted by Gasteiger charge is 2.14. The third-order valence-electron chi connectivity index (χ3n) is 5.11. The lowest BCUT2D eigenvalue weighted by Crippen LogP contribution is -2.04. The standard InChI is InChI=1S/C28H38O5/c1-5-8-17-31-23-20-22(28(27(21-23)30-4)33-19-10-7-3)15-16-25(29)24-13-11-12-14-26(24)32-18-9-6-2/h11-16,20-21H,5-10,17-19H2,1-4H3/b16-15+. The lowest BCUT2D eigenvalue weighted by molar-refractivity contribution is 0.104. The van der Waals surface area contributed by atoms with Crippen molar-refractivity contribution in [3.05, 3.63) is 53.6 Å². The highest BCUT2D eigenvalue weighted by Crippen LogP contribution is 2.37. The molecule has 180 valence electrons. The van der Waals surface area contributed by atoms with Crippen LogP contribution in [0, 0.1) is 0 Å². The van der Waals surface area contributed by atoms with Crippen LogP contribution in [0.4, 0.5) is 0 Å². The molecule has 2 rings (SSSR count). The molecular formula is C28H38O5. The number of ketones is 1. The van der Waals surface area contributed by atoms with Crippen molar-refractivity contribution >= 4 is 11.9 Å². The number of benzene rings is 2. The fourth-order valence-electron chi connectivity index (χ4n) is 3.14. The minimum absolute atomic E-state index is 0.127. The van der Waals surface area contributed by atoms with E-state index in [9.17, 15) is 4.79 Å². The van der Waals surface area contributed by atoms with Crippen LogP contribution in [0.1, 0.15) is 75.2 Å². The molecule has 0 spiro atoms. The normalized spacial score (nSPS) is 10.9. The van der Waals surface area contributed by atoms with E-state index in [-0.39, 0.29) is 5.78 Å². The average Bonchev–Trinajstić information content (AvgIpc) is 2.84. The molecule has 33 heavy (non-hydrogen) atoms. The Kier molecular flexibility index (Phi) is 11.9. The summed E-state index contributed by atoms with van der Waals surface area (Å²) in [6.45, 7) is 8.14. The molecule has 0 saturated carbocycles. The van der Waals surface area contributed by atoms with Gasteiger partial charge in [-0.15, -0.1) is 0 Å². The first-order chi connectivity index (χ1) is 16.1. The van der Waals surface area contributed by atoms with E-state index in [1.54, 1.807) is 25.3 Å². The number of unbranched alkanes of at least 4 members (excludes halogenated alkanes) is 3. The first-order valence-corrected chi connectivity index (χ1v) is 12.1. The van der Waals surface area contributed by atoms with E-state index < -0.39 is 0 Å². The summed E-state index contributed by atoms with van der Waals surface area (Å²) in [6.07, 6.45) is 9.28. The van der Waals surface area contributed by atoms with Crippen LogP contribution in [0.5, 0.6) is 23.0 Å². The van der Waals surface area contributed by atoms with Gasteiger partial charge in [0.1, 0.15) is 11.5 Å².